The van der Waals surface area contributed by atoms with Crippen molar-refractivity contribution in [3.63, 3.8) is 0 Å². The number of rotatable bonds is 5. The van der Waals surface area contributed by atoms with Crippen molar-refractivity contribution in [3.05, 3.63) is 23.3 Å². The van der Waals surface area contributed by atoms with Crippen LogP contribution in [0.1, 0.15) is 35.7 Å². The summed E-state index contributed by atoms with van der Waals surface area (Å²) >= 11 is 0. The van der Waals surface area contributed by atoms with Crippen LogP contribution in [0.3, 0.4) is 0 Å². The van der Waals surface area contributed by atoms with E-state index in [0.29, 0.717) is 17.1 Å². The molecule has 5 nitrogen and oxygen atoms in total. The summed E-state index contributed by atoms with van der Waals surface area (Å²) < 4.78 is 10.8. The molecule has 1 aromatic rings. The third-order valence-electron chi connectivity index (χ3n) is 4.41. The van der Waals surface area contributed by atoms with E-state index in [9.17, 15) is 4.79 Å². The first-order chi connectivity index (χ1) is 11.1. The Bertz CT molecular complexity index is 520. The molecule has 1 fully saturated rings. The summed E-state index contributed by atoms with van der Waals surface area (Å²) in [5.74, 6) is 1.44. The van der Waals surface area contributed by atoms with Gasteiger partial charge in [0, 0.05) is 30.8 Å². The lowest BCUT2D eigenvalue weighted by Gasteiger charge is -2.22. The van der Waals surface area contributed by atoms with E-state index in [1.54, 1.807) is 14.2 Å². The number of nitrogens with zero attached hydrogens (tertiary/aromatic N) is 2. The molecule has 5 heteroatoms. The van der Waals surface area contributed by atoms with Crippen LogP contribution in [0.25, 0.3) is 0 Å². The van der Waals surface area contributed by atoms with Gasteiger partial charge in [0.15, 0.2) is 0 Å². The lowest BCUT2D eigenvalue weighted by molar-refractivity contribution is 0.0760. The van der Waals surface area contributed by atoms with Gasteiger partial charge in [0.2, 0.25) is 0 Å². The third-order valence-corrected chi connectivity index (χ3v) is 4.41. The molecule has 0 atom stereocenters. The Labute approximate surface area is 139 Å². The molecule has 1 saturated heterocycles. The number of benzene rings is 1. The molecule has 23 heavy (non-hydrogen) atoms. The van der Waals surface area contributed by atoms with Crippen LogP contribution in [0.15, 0.2) is 12.1 Å². The smallest absolute Gasteiger partial charge is 0.254 e. The molecule has 0 aromatic heterocycles. The highest BCUT2D eigenvalue weighted by atomic mass is 16.5. The Hall–Kier alpha value is -1.75. The predicted octanol–water partition coefficient (Wildman–Crippen LogP) is 2.57. The summed E-state index contributed by atoms with van der Waals surface area (Å²) in [7, 11) is 3.23. The molecule has 1 heterocycles. The first-order valence-electron chi connectivity index (χ1n) is 8.35. The van der Waals surface area contributed by atoms with Crippen molar-refractivity contribution >= 4 is 5.91 Å². The van der Waals surface area contributed by atoms with Gasteiger partial charge < -0.3 is 19.3 Å². The van der Waals surface area contributed by atoms with E-state index in [0.717, 1.165) is 51.1 Å². The normalized spacial score (nSPS) is 16.1. The molecule has 1 aliphatic rings. The number of ether oxygens (including phenoxy) is 2. The van der Waals surface area contributed by atoms with Gasteiger partial charge in [-0.15, -0.1) is 0 Å². The van der Waals surface area contributed by atoms with Gasteiger partial charge in [-0.05, 0) is 45.0 Å². The van der Waals surface area contributed by atoms with Crippen molar-refractivity contribution in [2.75, 3.05) is 46.9 Å². The molecule has 0 saturated carbocycles. The van der Waals surface area contributed by atoms with Gasteiger partial charge in [0.1, 0.15) is 11.5 Å². The average molecular weight is 320 g/mol. The minimum absolute atomic E-state index is 0.0555. The topological polar surface area (TPSA) is 42.0 Å². The number of amides is 1. The number of carbonyl (C=O) groups is 1. The molecular weight excluding hydrogens is 292 g/mol. The van der Waals surface area contributed by atoms with Gasteiger partial charge in [0.25, 0.3) is 5.91 Å². The highest BCUT2D eigenvalue weighted by molar-refractivity contribution is 5.95. The first-order valence-corrected chi connectivity index (χ1v) is 8.35. The maximum absolute atomic E-state index is 12.9. The minimum Gasteiger partial charge on any atom is -0.496 e. The van der Waals surface area contributed by atoms with E-state index in [1.165, 1.54) is 0 Å². The van der Waals surface area contributed by atoms with Crippen molar-refractivity contribution in [1.29, 1.82) is 0 Å². The lowest BCUT2D eigenvalue weighted by Crippen LogP contribution is -2.35. The van der Waals surface area contributed by atoms with E-state index >= 15 is 0 Å². The van der Waals surface area contributed by atoms with Crippen LogP contribution in [0.2, 0.25) is 0 Å². The largest absolute Gasteiger partial charge is 0.496 e. The SMILES string of the molecule is CCCN1CCCN(C(=O)c2cc(OC)c(C)c(OC)c2)CC1. The summed E-state index contributed by atoms with van der Waals surface area (Å²) in [6.45, 7) is 8.82. The Morgan fingerprint density at radius 1 is 1.09 bits per heavy atom. The van der Waals surface area contributed by atoms with Crippen LogP contribution in [0.5, 0.6) is 11.5 Å². The molecule has 0 N–H and O–H groups in total. The van der Waals surface area contributed by atoms with Gasteiger partial charge in [-0.2, -0.15) is 0 Å². The fourth-order valence-corrected chi connectivity index (χ4v) is 3.11. The highest BCUT2D eigenvalue weighted by Gasteiger charge is 2.22. The number of hydrogen-bond donors (Lipinski definition) is 0. The zero-order valence-electron chi connectivity index (χ0n) is 14.7. The van der Waals surface area contributed by atoms with Gasteiger partial charge in [-0.1, -0.05) is 6.92 Å². The van der Waals surface area contributed by atoms with E-state index in [-0.39, 0.29) is 5.91 Å². The standard InChI is InChI=1S/C18H28N2O3/c1-5-7-19-8-6-9-20(11-10-19)18(21)15-12-16(22-3)14(2)17(13-15)23-4/h12-13H,5-11H2,1-4H3. The van der Waals surface area contributed by atoms with E-state index in [1.807, 2.05) is 24.0 Å². The Balaban J connectivity index is 2.16. The number of methoxy groups -OCH3 is 2. The summed E-state index contributed by atoms with van der Waals surface area (Å²) in [5.41, 5.74) is 1.55. The van der Waals surface area contributed by atoms with Crippen LogP contribution in [0.4, 0.5) is 0 Å². The number of hydrogen-bond acceptors (Lipinski definition) is 4. The molecule has 128 valence electrons. The van der Waals surface area contributed by atoms with E-state index < -0.39 is 0 Å². The van der Waals surface area contributed by atoms with Crippen LogP contribution in [0, 0.1) is 6.92 Å². The average Bonchev–Trinajstić information content (AvgIpc) is 2.80. The maximum Gasteiger partial charge on any atom is 0.254 e. The van der Waals surface area contributed by atoms with Gasteiger partial charge in [-0.25, -0.2) is 0 Å². The zero-order valence-corrected chi connectivity index (χ0v) is 14.7. The van der Waals surface area contributed by atoms with Crippen LogP contribution < -0.4 is 9.47 Å². The Morgan fingerprint density at radius 3 is 2.30 bits per heavy atom. The minimum atomic E-state index is 0.0555. The molecule has 1 aliphatic heterocycles. The molecule has 0 spiro atoms. The second-order valence-electron chi connectivity index (χ2n) is 5.99. The number of carbonyl (C=O) groups excluding carboxylic acids is 1. The van der Waals surface area contributed by atoms with Gasteiger partial charge in [0.05, 0.1) is 14.2 Å². The predicted molar refractivity (Wildman–Crippen MR) is 91.5 cm³/mol. The van der Waals surface area contributed by atoms with Crippen LogP contribution >= 0.6 is 0 Å². The maximum atomic E-state index is 12.9. The summed E-state index contributed by atoms with van der Waals surface area (Å²) in [6.07, 6.45) is 2.17. The highest BCUT2D eigenvalue weighted by Crippen LogP contribution is 2.30. The molecule has 1 aromatic carbocycles. The zero-order chi connectivity index (χ0) is 16.8. The summed E-state index contributed by atoms with van der Waals surface area (Å²) in [6, 6.07) is 3.63. The second-order valence-corrected chi connectivity index (χ2v) is 5.99. The van der Waals surface area contributed by atoms with E-state index in [4.69, 9.17) is 9.47 Å². The van der Waals surface area contributed by atoms with Crippen LogP contribution in [-0.2, 0) is 0 Å². The fraction of sp³-hybridized carbons (Fsp3) is 0.611. The second kappa shape index (κ2) is 8.20. The monoisotopic (exact) mass is 320 g/mol. The Morgan fingerprint density at radius 2 is 1.74 bits per heavy atom. The van der Waals surface area contributed by atoms with Gasteiger partial charge in [-0.3, -0.25) is 4.79 Å². The van der Waals surface area contributed by atoms with Crippen molar-refractivity contribution in [1.82, 2.24) is 9.80 Å². The molecule has 0 unspecified atom stereocenters. The molecular formula is C18H28N2O3. The van der Waals surface area contributed by atoms with Crippen molar-refractivity contribution < 1.29 is 14.3 Å². The van der Waals surface area contributed by atoms with Crippen molar-refractivity contribution in [2.45, 2.75) is 26.7 Å². The summed E-state index contributed by atoms with van der Waals surface area (Å²) in [5, 5.41) is 0. The molecule has 0 bridgehead atoms. The van der Waals surface area contributed by atoms with E-state index in [2.05, 4.69) is 11.8 Å². The fourth-order valence-electron chi connectivity index (χ4n) is 3.11. The quantitative estimate of drug-likeness (QED) is 0.836. The third kappa shape index (κ3) is 4.16. The Kier molecular flexibility index (Phi) is 6.28. The summed E-state index contributed by atoms with van der Waals surface area (Å²) in [4.78, 5) is 17.2. The van der Waals surface area contributed by atoms with Crippen LogP contribution in [-0.4, -0.2) is 62.7 Å². The molecule has 0 aliphatic carbocycles. The van der Waals surface area contributed by atoms with Gasteiger partial charge >= 0.3 is 0 Å². The van der Waals surface area contributed by atoms with Crippen molar-refractivity contribution in [3.8, 4) is 11.5 Å². The molecule has 1 amide bonds. The molecule has 0 radical (unpaired) electrons. The molecule has 2 rings (SSSR count). The van der Waals surface area contributed by atoms with Crippen molar-refractivity contribution in [2.24, 2.45) is 0 Å². The first kappa shape index (κ1) is 17.6. The lowest BCUT2D eigenvalue weighted by atomic mass is 10.1.